The van der Waals surface area contributed by atoms with Crippen LogP contribution in [-0.2, 0) is 15.8 Å². The van der Waals surface area contributed by atoms with Crippen molar-refractivity contribution in [3.8, 4) is 0 Å². The van der Waals surface area contributed by atoms with Gasteiger partial charge in [-0.25, -0.2) is 0 Å². The molecule has 0 spiro atoms. The highest BCUT2D eigenvalue weighted by Gasteiger charge is 2.35. The van der Waals surface area contributed by atoms with Gasteiger partial charge in [-0.2, -0.15) is 18.2 Å². The second-order valence-corrected chi connectivity index (χ2v) is 3.49. The Bertz CT molecular complexity index is 447. The fourth-order valence-electron chi connectivity index (χ4n) is 1.43. The van der Waals surface area contributed by atoms with Gasteiger partial charge in [0.15, 0.2) is 6.10 Å². The van der Waals surface area contributed by atoms with E-state index in [-0.39, 0.29) is 12.3 Å². The number of nitrogens with zero attached hydrogens (tertiary/aromatic N) is 1. The molecule has 1 aliphatic rings. The van der Waals surface area contributed by atoms with Gasteiger partial charge in [0.2, 0.25) is 0 Å². The van der Waals surface area contributed by atoms with E-state index in [0.29, 0.717) is 5.06 Å². The van der Waals surface area contributed by atoms with E-state index < -0.39 is 23.8 Å². The molecular weight excluding hydrogens is 239 g/mol. The Labute approximate surface area is 94.2 Å². The normalized spacial score (nSPS) is 21.1. The van der Waals surface area contributed by atoms with Gasteiger partial charge in [-0.15, -0.1) is 0 Å². The Morgan fingerprint density at radius 2 is 2.12 bits per heavy atom. The van der Waals surface area contributed by atoms with Crippen molar-refractivity contribution >= 4 is 11.6 Å². The Kier molecular flexibility index (Phi) is 2.80. The highest BCUT2D eigenvalue weighted by atomic mass is 19.4. The van der Waals surface area contributed by atoms with Crippen LogP contribution in [0.3, 0.4) is 0 Å². The number of alkyl halides is 3. The Morgan fingerprint density at radius 1 is 1.41 bits per heavy atom. The molecule has 92 valence electrons. The van der Waals surface area contributed by atoms with Crippen molar-refractivity contribution in [3.05, 3.63) is 29.8 Å². The molecule has 0 aromatic heterocycles. The van der Waals surface area contributed by atoms with Gasteiger partial charge in [-0.3, -0.25) is 9.63 Å². The van der Waals surface area contributed by atoms with Crippen LogP contribution in [0.15, 0.2) is 24.3 Å². The third kappa shape index (κ3) is 2.25. The van der Waals surface area contributed by atoms with Crippen LogP contribution in [-0.4, -0.2) is 23.7 Å². The van der Waals surface area contributed by atoms with Gasteiger partial charge in [-0.1, -0.05) is 6.07 Å². The lowest BCUT2D eigenvalue weighted by Crippen LogP contribution is -2.28. The van der Waals surface area contributed by atoms with Crippen LogP contribution in [0.1, 0.15) is 5.56 Å². The molecule has 1 fully saturated rings. The number of hydrogen-bond acceptors (Lipinski definition) is 3. The van der Waals surface area contributed by atoms with Crippen molar-refractivity contribution < 1.29 is 27.9 Å². The lowest BCUT2D eigenvalue weighted by atomic mass is 10.2. The predicted octanol–water partition coefficient (Wildman–Crippen LogP) is 1.34. The summed E-state index contributed by atoms with van der Waals surface area (Å²) in [5, 5.41) is 9.79. The maximum absolute atomic E-state index is 12.4. The summed E-state index contributed by atoms with van der Waals surface area (Å²) in [6.07, 6.45) is -5.82. The second kappa shape index (κ2) is 4.01. The molecule has 0 bridgehead atoms. The summed E-state index contributed by atoms with van der Waals surface area (Å²) in [5.41, 5.74) is -0.936. The van der Waals surface area contributed by atoms with E-state index in [1.807, 2.05) is 0 Å². The van der Waals surface area contributed by atoms with E-state index >= 15 is 0 Å². The molecule has 1 aromatic rings. The lowest BCUT2D eigenvalue weighted by molar-refractivity contribution is -0.137. The van der Waals surface area contributed by atoms with Crippen molar-refractivity contribution in [2.75, 3.05) is 11.7 Å². The molecule has 1 aliphatic heterocycles. The highest BCUT2D eigenvalue weighted by Crippen LogP contribution is 2.32. The molecule has 1 unspecified atom stereocenters. The molecule has 1 atom stereocenters. The number of carbonyl (C=O) groups excluding carboxylic acids is 1. The Morgan fingerprint density at radius 3 is 2.65 bits per heavy atom. The molecule has 1 saturated heterocycles. The van der Waals surface area contributed by atoms with Crippen molar-refractivity contribution in [2.45, 2.75) is 12.3 Å². The number of amides is 1. The number of hydroxylamine groups is 1. The smallest absolute Gasteiger partial charge is 0.381 e. The van der Waals surface area contributed by atoms with Crippen LogP contribution in [0.4, 0.5) is 18.9 Å². The monoisotopic (exact) mass is 247 g/mol. The quantitative estimate of drug-likeness (QED) is 0.814. The minimum Gasteiger partial charge on any atom is -0.381 e. The number of aliphatic hydroxyl groups is 1. The maximum Gasteiger partial charge on any atom is 0.416 e. The van der Waals surface area contributed by atoms with Gasteiger partial charge >= 0.3 is 6.18 Å². The first-order valence-corrected chi connectivity index (χ1v) is 4.72. The van der Waals surface area contributed by atoms with Crippen LogP contribution in [0.25, 0.3) is 0 Å². The second-order valence-electron chi connectivity index (χ2n) is 3.49. The molecule has 1 amide bonds. The number of benzene rings is 1. The minimum atomic E-state index is -4.49. The summed E-state index contributed by atoms with van der Waals surface area (Å²) in [7, 11) is 0. The number of aliphatic hydroxyl groups excluding tert-OH is 1. The van der Waals surface area contributed by atoms with Gasteiger partial charge in [-0.05, 0) is 18.2 Å². The first-order valence-electron chi connectivity index (χ1n) is 4.72. The van der Waals surface area contributed by atoms with E-state index in [0.717, 1.165) is 12.1 Å². The van der Waals surface area contributed by atoms with Gasteiger partial charge < -0.3 is 5.11 Å². The topological polar surface area (TPSA) is 49.8 Å². The summed E-state index contributed by atoms with van der Waals surface area (Å²) < 4.78 is 37.3. The molecule has 0 aliphatic carbocycles. The molecular formula is C10H8F3NO3. The van der Waals surface area contributed by atoms with E-state index in [1.54, 1.807) is 0 Å². The third-order valence-electron chi connectivity index (χ3n) is 2.25. The van der Waals surface area contributed by atoms with E-state index in [2.05, 4.69) is 0 Å². The molecule has 0 saturated carbocycles. The van der Waals surface area contributed by atoms with E-state index in [9.17, 15) is 18.0 Å². The minimum absolute atomic E-state index is 0.0543. The van der Waals surface area contributed by atoms with Crippen molar-refractivity contribution in [1.82, 2.24) is 0 Å². The number of carbonyl (C=O) groups is 1. The number of halogens is 3. The number of anilines is 1. The zero-order chi connectivity index (χ0) is 12.6. The van der Waals surface area contributed by atoms with Gasteiger partial charge in [0.05, 0.1) is 11.3 Å². The average molecular weight is 247 g/mol. The molecule has 1 aromatic carbocycles. The van der Waals surface area contributed by atoms with Crippen molar-refractivity contribution in [1.29, 1.82) is 0 Å². The van der Waals surface area contributed by atoms with Gasteiger partial charge in [0.1, 0.15) is 6.61 Å². The molecule has 7 heteroatoms. The van der Waals surface area contributed by atoms with Crippen LogP contribution >= 0.6 is 0 Å². The SMILES string of the molecule is O=C1C(O)CON1c1cccc(C(F)(F)F)c1. The zero-order valence-corrected chi connectivity index (χ0v) is 8.44. The van der Waals surface area contributed by atoms with Crippen molar-refractivity contribution in [3.63, 3.8) is 0 Å². The molecule has 4 nitrogen and oxygen atoms in total. The summed E-state index contributed by atoms with van der Waals surface area (Å²) in [6, 6.07) is 4.14. The molecule has 1 N–H and O–H groups in total. The lowest BCUT2D eigenvalue weighted by Gasteiger charge is -2.15. The molecule has 0 radical (unpaired) electrons. The fourth-order valence-corrected chi connectivity index (χ4v) is 1.43. The zero-order valence-electron chi connectivity index (χ0n) is 8.44. The highest BCUT2D eigenvalue weighted by molar-refractivity contribution is 5.96. The Hall–Kier alpha value is -1.60. The summed E-state index contributed by atoms with van der Waals surface area (Å²) in [5.74, 6) is -0.774. The number of rotatable bonds is 1. The summed E-state index contributed by atoms with van der Waals surface area (Å²) in [6.45, 7) is -0.255. The van der Waals surface area contributed by atoms with Gasteiger partial charge in [0.25, 0.3) is 5.91 Å². The Balaban J connectivity index is 2.31. The largest absolute Gasteiger partial charge is 0.416 e. The van der Waals surface area contributed by atoms with Crippen LogP contribution in [0.2, 0.25) is 0 Å². The van der Waals surface area contributed by atoms with E-state index in [1.165, 1.54) is 12.1 Å². The van der Waals surface area contributed by atoms with Crippen LogP contribution in [0.5, 0.6) is 0 Å². The number of hydrogen-bond donors (Lipinski definition) is 1. The summed E-state index contributed by atoms with van der Waals surface area (Å²) >= 11 is 0. The first kappa shape index (κ1) is 11.9. The fraction of sp³-hybridized carbons (Fsp3) is 0.300. The first-order chi connectivity index (χ1) is 7.89. The molecule has 1 heterocycles. The molecule has 17 heavy (non-hydrogen) atoms. The third-order valence-corrected chi connectivity index (χ3v) is 2.25. The average Bonchev–Trinajstić information content (AvgIpc) is 2.59. The maximum atomic E-state index is 12.4. The van der Waals surface area contributed by atoms with Crippen molar-refractivity contribution in [2.24, 2.45) is 0 Å². The predicted molar refractivity (Wildman–Crippen MR) is 50.9 cm³/mol. The standard InChI is InChI=1S/C10H8F3NO3/c11-10(12,13)6-2-1-3-7(4-6)14-9(16)8(15)5-17-14/h1-4,8,15H,5H2. The van der Waals surface area contributed by atoms with Crippen LogP contribution in [0, 0.1) is 0 Å². The van der Waals surface area contributed by atoms with E-state index in [4.69, 9.17) is 9.94 Å². The van der Waals surface area contributed by atoms with Crippen LogP contribution < -0.4 is 5.06 Å². The van der Waals surface area contributed by atoms with Gasteiger partial charge in [0, 0.05) is 0 Å². The summed E-state index contributed by atoms with van der Waals surface area (Å²) in [4.78, 5) is 16.1. The molecule has 2 rings (SSSR count).